The molecule has 0 bridgehead atoms. The van der Waals surface area contributed by atoms with Crippen LogP contribution in [0.15, 0.2) is 47.1 Å². The molecule has 2 heterocycles. The highest BCUT2D eigenvalue weighted by Gasteiger charge is 2.26. The molecular formula is C16H17BrN2. The third-order valence-electron chi connectivity index (χ3n) is 3.82. The molecule has 0 spiro atoms. The van der Waals surface area contributed by atoms with E-state index in [9.17, 15) is 0 Å². The summed E-state index contributed by atoms with van der Waals surface area (Å²) in [5, 5.41) is 0. The van der Waals surface area contributed by atoms with Gasteiger partial charge in [-0.1, -0.05) is 30.3 Å². The van der Waals surface area contributed by atoms with E-state index >= 15 is 0 Å². The summed E-state index contributed by atoms with van der Waals surface area (Å²) < 4.78 is 1.13. The summed E-state index contributed by atoms with van der Waals surface area (Å²) >= 11 is 3.66. The molecule has 1 aliphatic rings. The van der Waals surface area contributed by atoms with Gasteiger partial charge in [0.05, 0.1) is 4.47 Å². The fourth-order valence-corrected chi connectivity index (χ4v) is 3.18. The van der Waals surface area contributed by atoms with Gasteiger partial charge < -0.3 is 4.90 Å². The quantitative estimate of drug-likeness (QED) is 0.827. The molecule has 0 radical (unpaired) electrons. The zero-order valence-electron chi connectivity index (χ0n) is 11.0. The van der Waals surface area contributed by atoms with E-state index in [0.717, 1.165) is 23.4 Å². The van der Waals surface area contributed by atoms with E-state index in [4.69, 9.17) is 0 Å². The number of pyridine rings is 1. The number of aryl methyl sites for hydroxylation is 1. The molecule has 3 heteroatoms. The van der Waals surface area contributed by atoms with Crippen LogP contribution in [-0.2, 0) is 0 Å². The molecule has 0 aliphatic carbocycles. The maximum atomic E-state index is 4.53. The molecule has 2 aromatic rings. The first kappa shape index (κ1) is 12.7. The predicted octanol–water partition coefficient (Wildman–Crippen LogP) is 4.15. The summed E-state index contributed by atoms with van der Waals surface area (Å²) in [6, 6.07) is 12.8. The van der Waals surface area contributed by atoms with Gasteiger partial charge >= 0.3 is 0 Å². The summed E-state index contributed by atoms with van der Waals surface area (Å²) in [7, 11) is 0. The lowest BCUT2D eigenvalue weighted by molar-refractivity contribution is 0.774. The van der Waals surface area contributed by atoms with Crippen molar-refractivity contribution >= 4 is 21.7 Å². The Balaban J connectivity index is 1.81. The van der Waals surface area contributed by atoms with Gasteiger partial charge in [0.15, 0.2) is 0 Å². The van der Waals surface area contributed by atoms with Gasteiger partial charge in [0.25, 0.3) is 0 Å². The van der Waals surface area contributed by atoms with Crippen LogP contribution < -0.4 is 4.90 Å². The Hall–Kier alpha value is -1.35. The highest BCUT2D eigenvalue weighted by molar-refractivity contribution is 9.10. The molecule has 1 unspecified atom stereocenters. The third-order valence-corrected chi connectivity index (χ3v) is 4.80. The lowest BCUT2D eigenvalue weighted by Crippen LogP contribution is -2.21. The molecule has 2 nitrogen and oxygen atoms in total. The Labute approximate surface area is 122 Å². The minimum atomic E-state index is 0.621. The molecule has 3 rings (SSSR count). The highest BCUT2D eigenvalue weighted by atomic mass is 79.9. The second kappa shape index (κ2) is 5.33. The van der Waals surface area contributed by atoms with Crippen LogP contribution in [0.5, 0.6) is 0 Å². The van der Waals surface area contributed by atoms with Crippen LogP contribution >= 0.6 is 15.9 Å². The van der Waals surface area contributed by atoms with Crippen molar-refractivity contribution in [3.8, 4) is 0 Å². The second-order valence-corrected chi connectivity index (χ2v) is 5.90. The first-order chi connectivity index (χ1) is 9.25. The molecule has 0 amide bonds. The summed E-state index contributed by atoms with van der Waals surface area (Å²) in [4.78, 5) is 6.91. The molecule has 1 saturated heterocycles. The van der Waals surface area contributed by atoms with Gasteiger partial charge in [-0.15, -0.1) is 0 Å². The number of halogens is 1. The number of hydrogen-bond donors (Lipinski definition) is 0. The van der Waals surface area contributed by atoms with Crippen LogP contribution in [-0.4, -0.2) is 18.1 Å². The first-order valence-electron chi connectivity index (χ1n) is 6.66. The van der Waals surface area contributed by atoms with Crippen molar-refractivity contribution in [1.82, 2.24) is 4.98 Å². The van der Waals surface area contributed by atoms with Gasteiger partial charge in [-0.25, -0.2) is 4.98 Å². The topological polar surface area (TPSA) is 16.1 Å². The molecule has 19 heavy (non-hydrogen) atoms. The largest absolute Gasteiger partial charge is 0.355 e. The minimum Gasteiger partial charge on any atom is -0.355 e. The molecule has 1 fully saturated rings. The smallest absolute Gasteiger partial charge is 0.143 e. The monoisotopic (exact) mass is 316 g/mol. The van der Waals surface area contributed by atoms with Crippen molar-refractivity contribution in [2.24, 2.45) is 0 Å². The van der Waals surface area contributed by atoms with Crippen LogP contribution in [0.4, 0.5) is 5.82 Å². The average molecular weight is 317 g/mol. The van der Waals surface area contributed by atoms with Crippen molar-refractivity contribution in [3.05, 3.63) is 58.2 Å². The molecule has 1 aliphatic heterocycles. The Kier molecular flexibility index (Phi) is 3.56. The number of rotatable bonds is 2. The highest BCUT2D eigenvalue weighted by Crippen LogP contribution is 2.34. The summed E-state index contributed by atoms with van der Waals surface area (Å²) in [6.07, 6.45) is 3.09. The fraction of sp³-hybridized carbons (Fsp3) is 0.312. The minimum absolute atomic E-state index is 0.621. The van der Waals surface area contributed by atoms with E-state index in [2.05, 4.69) is 63.1 Å². The number of benzene rings is 1. The zero-order valence-corrected chi connectivity index (χ0v) is 12.6. The second-order valence-electron chi connectivity index (χ2n) is 5.11. The van der Waals surface area contributed by atoms with Crippen molar-refractivity contribution in [2.75, 3.05) is 18.0 Å². The molecule has 0 N–H and O–H groups in total. The van der Waals surface area contributed by atoms with E-state index in [0.29, 0.717) is 5.92 Å². The van der Waals surface area contributed by atoms with Gasteiger partial charge in [-0.2, -0.15) is 0 Å². The Morgan fingerprint density at radius 3 is 2.79 bits per heavy atom. The zero-order chi connectivity index (χ0) is 13.2. The van der Waals surface area contributed by atoms with Gasteiger partial charge in [0.2, 0.25) is 0 Å². The van der Waals surface area contributed by atoms with Crippen molar-refractivity contribution in [1.29, 1.82) is 0 Å². The van der Waals surface area contributed by atoms with Crippen molar-refractivity contribution in [3.63, 3.8) is 0 Å². The third kappa shape index (κ3) is 2.52. The molecule has 1 aromatic carbocycles. The van der Waals surface area contributed by atoms with Gasteiger partial charge in [-0.3, -0.25) is 0 Å². The molecule has 1 aromatic heterocycles. The van der Waals surface area contributed by atoms with Crippen LogP contribution in [0.1, 0.15) is 23.5 Å². The fourth-order valence-electron chi connectivity index (χ4n) is 2.70. The maximum Gasteiger partial charge on any atom is 0.143 e. The van der Waals surface area contributed by atoms with E-state index < -0.39 is 0 Å². The number of aromatic nitrogens is 1. The standard InChI is InChI=1S/C16H17BrN2/c1-12-7-9-18-16(15(12)17)19-10-8-14(11-19)13-5-3-2-4-6-13/h2-7,9,14H,8,10-11H2,1H3. The van der Waals surface area contributed by atoms with E-state index in [1.165, 1.54) is 17.5 Å². The van der Waals surface area contributed by atoms with E-state index in [1.807, 2.05) is 12.3 Å². The van der Waals surface area contributed by atoms with Crippen molar-refractivity contribution in [2.45, 2.75) is 19.3 Å². The predicted molar refractivity (Wildman–Crippen MR) is 82.7 cm³/mol. The van der Waals surface area contributed by atoms with Crippen molar-refractivity contribution < 1.29 is 0 Å². The van der Waals surface area contributed by atoms with E-state index in [-0.39, 0.29) is 0 Å². The SMILES string of the molecule is Cc1ccnc(N2CCC(c3ccccc3)C2)c1Br. The van der Waals surface area contributed by atoms with Crippen LogP contribution in [0, 0.1) is 6.92 Å². The van der Waals surface area contributed by atoms with Crippen LogP contribution in [0.2, 0.25) is 0 Å². The molecule has 1 atom stereocenters. The van der Waals surface area contributed by atoms with E-state index in [1.54, 1.807) is 0 Å². The van der Waals surface area contributed by atoms with Gasteiger partial charge in [0.1, 0.15) is 5.82 Å². The molecule has 0 saturated carbocycles. The Morgan fingerprint density at radius 1 is 1.21 bits per heavy atom. The lowest BCUT2D eigenvalue weighted by atomic mass is 9.99. The summed E-state index contributed by atoms with van der Waals surface area (Å²) in [5.41, 5.74) is 2.68. The Bertz CT molecular complexity index is 568. The molecule has 98 valence electrons. The van der Waals surface area contributed by atoms with Crippen LogP contribution in [0.25, 0.3) is 0 Å². The van der Waals surface area contributed by atoms with Gasteiger partial charge in [-0.05, 0) is 46.5 Å². The number of anilines is 1. The average Bonchev–Trinajstić information content (AvgIpc) is 2.92. The summed E-state index contributed by atoms with van der Waals surface area (Å²) in [5.74, 6) is 1.70. The number of hydrogen-bond acceptors (Lipinski definition) is 2. The lowest BCUT2D eigenvalue weighted by Gasteiger charge is -2.19. The maximum absolute atomic E-state index is 4.53. The normalized spacial score (nSPS) is 18.8. The first-order valence-corrected chi connectivity index (χ1v) is 7.46. The Morgan fingerprint density at radius 2 is 2.00 bits per heavy atom. The summed E-state index contributed by atoms with van der Waals surface area (Å²) in [6.45, 7) is 4.24. The number of nitrogens with zero attached hydrogens (tertiary/aromatic N) is 2. The molecular weight excluding hydrogens is 300 g/mol. The van der Waals surface area contributed by atoms with Crippen LogP contribution in [0.3, 0.4) is 0 Å². The van der Waals surface area contributed by atoms with Gasteiger partial charge in [0, 0.05) is 25.2 Å².